The van der Waals surface area contributed by atoms with Gasteiger partial charge < -0.3 is 9.42 Å². The van der Waals surface area contributed by atoms with Crippen molar-refractivity contribution in [2.24, 2.45) is 5.92 Å². The number of aryl methyl sites for hydroxylation is 1. The normalized spacial score (nSPS) is 20.9. The molecular formula is C22H29N3O2. The molecule has 2 aromatic rings. The molecular weight excluding hydrogens is 338 g/mol. The summed E-state index contributed by atoms with van der Waals surface area (Å²) in [5.74, 6) is 2.18. The van der Waals surface area contributed by atoms with E-state index in [0.717, 1.165) is 43.7 Å². The first kappa shape index (κ1) is 18.2. The van der Waals surface area contributed by atoms with E-state index in [-0.39, 0.29) is 11.9 Å². The quantitative estimate of drug-likeness (QED) is 0.740. The Bertz CT molecular complexity index is 762. The van der Waals surface area contributed by atoms with Crippen LogP contribution in [0.3, 0.4) is 0 Å². The largest absolute Gasteiger partial charge is 0.337 e. The van der Waals surface area contributed by atoms with Gasteiger partial charge in [0, 0.05) is 18.5 Å². The summed E-state index contributed by atoms with van der Waals surface area (Å²) < 4.78 is 5.59. The number of carbonyl (C=O) groups is 1. The summed E-state index contributed by atoms with van der Waals surface area (Å²) in [6, 6.07) is 8.04. The molecule has 1 aromatic heterocycles. The molecule has 1 unspecified atom stereocenters. The third-order valence-electron chi connectivity index (χ3n) is 6.10. The number of nitrogens with zero attached hydrogens (tertiary/aromatic N) is 3. The van der Waals surface area contributed by atoms with Gasteiger partial charge in [-0.2, -0.15) is 4.98 Å². The van der Waals surface area contributed by atoms with Crippen LogP contribution in [0.15, 0.2) is 28.8 Å². The third kappa shape index (κ3) is 4.23. The number of benzene rings is 1. The van der Waals surface area contributed by atoms with Crippen molar-refractivity contribution in [1.29, 1.82) is 0 Å². The Morgan fingerprint density at radius 3 is 2.63 bits per heavy atom. The maximum absolute atomic E-state index is 12.9. The highest BCUT2D eigenvalue weighted by Crippen LogP contribution is 2.33. The summed E-state index contributed by atoms with van der Waals surface area (Å²) in [5, 5.41) is 4.17. The molecule has 1 amide bonds. The fourth-order valence-corrected chi connectivity index (χ4v) is 4.45. The van der Waals surface area contributed by atoms with Crippen molar-refractivity contribution >= 4 is 5.91 Å². The van der Waals surface area contributed by atoms with Gasteiger partial charge in [0.25, 0.3) is 0 Å². The first-order valence-corrected chi connectivity index (χ1v) is 10.4. The molecule has 1 saturated carbocycles. The van der Waals surface area contributed by atoms with Crippen LogP contribution in [-0.4, -0.2) is 27.5 Å². The van der Waals surface area contributed by atoms with Crippen LogP contribution in [0, 0.1) is 12.8 Å². The Balaban J connectivity index is 1.45. The number of hydrogen-bond donors (Lipinski definition) is 0. The molecule has 1 saturated heterocycles. The number of likely N-dealkylation sites (tertiary alicyclic amines) is 1. The minimum Gasteiger partial charge on any atom is -0.337 e. The molecule has 4 rings (SSSR count). The average Bonchev–Trinajstić information content (AvgIpc) is 3.39. The minimum absolute atomic E-state index is 0.0680. The summed E-state index contributed by atoms with van der Waals surface area (Å²) in [4.78, 5) is 19.5. The fraction of sp³-hybridized carbons (Fsp3) is 0.591. The lowest BCUT2D eigenvalue weighted by atomic mass is 9.98. The lowest BCUT2D eigenvalue weighted by molar-refractivity contribution is -0.136. The molecule has 144 valence electrons. The maximum atomic E-state index is 12.9. The van der Waals surface area contributed by atoms with E-state index in [1.54, 1.807) is 0 Å². The van der Waals surface area contributed by atoms with E-state index in [1.807, 2.05) is 29.2 Å². The molecule has 5 nitrogen and oxygen atoms in total. The van der Waals surface area contributed by atoms with Crippen molar-refractivity contribution in [1.82, 2.24) is 15.0 Å². The highest BCUT2D eigenvalue weighted by atomic mass is 16.5. The van der Waals surface area contributed by atoms with E-state index in [9.17, 15) is 4.79 Å². The zero-order chi connectivity index (χ0) is 18.6. The van der Waals surface area contributed by atoms with Gasteiger partial charge >= 0.3 is 0 Å². The number of rotatable bonds is 5. The summed E-state index contributed by atoms with van der Waals surface area (Å²) in [7, 11) is 0. The van der Waals surface area contributed by atoms with Crippen molar-refractivity contribution in [3.63, 3.8) is 0 Å². The van der Waals surface area contributed by atoms with Gasteiger partial charge in [-0.3, -0.25) is 4.79 Å². The number of piperidine rings is 1. The summed E-state index contributed by atoms with van der Waals surface area (Å²) in [6.07, 6.45) is 9.99. The van der Waals surface area contributed by atoms with Crippen LogP contribution >= 0.6 is 0 Å². The molecule has 0 radical (unpaired) electrons. The predicted molar refractivity (Wildman–Crippen MR) is 104 cm³/mol. The topological polar surface area (TPSA) is 59.2 Å². The molecule has 2 fully saturated rings. The van der Waals surface area contributed by atoms with Gasteiger partial charge in [-0.25, -0.2) is 0 Å². The second-order valence-electron chi connectivity index (χ2n) is 8.11. The highest BCUT2D eigenvalue weighted by Gasteiger charge is 2.32. The second kappa shape index (κ2) is 8.24. The smallest absolute Gasteiger partial charge is 0.249 e. The van der Waals surface area contributed by atoms with E-state index < -0.39 is 0 Å². The zero-order valence-corrected chi connectivity index (χ0v) is 16.2. The van der Waals surface area contributed by atoms with E-state index >= 15 is 0 Å². The standard InChI is InChI=1S/C22H29N3O2/c1-16-9-12-18(13-10-16)21-23-22(27-24-21)19-8-4-5-15-25(19)20(26)14-11-17-6-2-3-7-17/h9-10,12-13,17,19H,2-8,11,14-15H2,1H3. The molecule has 2 aliphatic rings. The summed E-state index contributed by atoms with van der Waals surface area (Å²) in [5.41, 5.74) is 2.15. The average molecular weight is 367 g/mol. The Labute approximate surface area is 161 Å². The number of aromatic nitrogens is 2. The number of carbonyl (C=O) groups excluding carboxylic acids is 1. The SMILES string of the molecule is Cc1ccc(-c2noc(C3CCCCN3C(=O)CCC3CCCC3)n2)cc1. The lowest BCUT2D eigenvalue weighted by Crippen LogP contribution is -2.38. The summed E-state index contributed by atoms with van der Waals surface area (Å²) in [6.45, 7) is 2.86. The van der Waals surface area contributed by atoms with Crippen molar-refractivity contribution in [2.75, 3.05) is 6.54 Å². The zero-order valence-electron chi connectivity index (χ0n) is 16.2. The van der Waals surface area contributed by atoms with Crippen LogP contribution in [0.4, 0.5) is 0 Å². The van der Waals surface area contributed by atoms with Crippen LogP contribution in [0.5, 0.6) is 0 Å². The highest BCUT2D eigenvalue weighted by molar-refractivity contribution is 5.76. The van der Waals surface area contributed by atoms with E-state index in [0.29, 0.717) is 18.1 Å². The van der Waals surface area contributed by atoms with Crippen LogP contribution in [-0.2, 0) is 4.79 Å². The van der Waals surface area contributed by atoms with Gasteiger partial charge in [0.2, 0.25) is 17.6 Å². The monoisotopic (exact) mass is 367 g/mol. The molecule has 5 heteroatoms. The Morgan fingerprint density at radius 1 is 1.11 bits per heavy atom. The second-order valence-corrected chi connectivity index (χ2v) is 8.11. The molecule has 0 bridgehead atoms. The van der Waals surface area contributed by atoms with E-state index in [2.05, 4.69) is 17.1 Å². The van der Waals surface area contributed by atoms with Crippen LogP contribution < -0.4 is 0 Å². The van der Waals surface area contributed by atoms with Gasteiger partial charge in [-0.1, -0.05) is 60.7 Å². The van der Waals surface area contributed by atoms with Gasteiger partial charge in [0.1, 0.15) is 6.04 Å². The molecule has 1 atom stereocenters. The molecule has 27 heavy (non-hydrogen) atoms. The van der Waals surface area contributed by atoms with Crippen molar-refractivity contribution in [2.45, 2.75) is 70.8 Å². The molecule has 0 N–H and O–H groups in total. The molecule has 1 aromatic carbocycles. The molecule has 1 aliphatic heterocycles. The van der Waals surface area contributed by atoms with Gasteiger partial charge in [0.05, 0.1) is 0 Å². The van der Waals surface area contributed by atoms with Crippen LogP contribution in [0.25, 0.3) is 11.4 Å². The lowest BCUT2D eigenvalue weighted by Gasteiger charge is -2.33. The Kier molecular flexibility index (Phi) is 5.55. The summed E-state index contributed by atoms with van der Waals surface area (Å²) >= 11 is 0. The van der Waals surface area contributed by atoms with Crippen LogP contribution in [0.2, 0.25) is 0 Å². The van der Waals surface area contributed by atoms with Gasteiger partial charge in [0.15, 0.2) is 0 Å². The molecule has 0 spiro atoms. The van der Waals surface area contributed by atoms with Gasteiger partial charge in [-0.05, 0) is 38.5 Å². The first-order valence-electron chi connectivity index (χ1n) is 10.4. The first-order chi connectivity index (χ1) is 13.2. The predicted octanol–water partition coefficient (Wildman–Crippen LogP) is 5.07. The number of amides is 1. The fourth-order valence-electron chi connectivity index (χ4n) is 4.45. The van der Waals surface area contributed by atoms with Crippen molar-refractivity contribution in [3.05, 3.63) is 35.7 Å². The van der Waals surface area contributed by atoms with Crippen molar-refractivity contribution < 1.29 is 9.32 Å². The van der Waals surface area contributed by atoms with Crippen LogP contribution in [0.1, 0.15) is 75.3 Å². The molecule has 1 aliphatic carbocycles. The van der Waals surface area contributed by atoms with Crippen molar-refractivity contribution in [3.8, 4) is 11.4 Å². The molecule has 2 heterocycles. The van der Waals surface area contributed by atoms with E-state index in [4.69, 9.17) is 4.52 Å². The Hall–Kier alpha value is -2.17. The Morgan fingerprint density at radius 2 is 1.85 bits per heavy atom. The minimum atomic E-state index is -0.0680. The van der Waals surface area contributed by atoms with Gasteiger partial charge in [-0.15, -0.1) is 0 Å². The maximum Gasteiger partial charge on any atom is 0.249 e. The third-order valence-corrected chi connectivity index (χ3v) is 6.10. The number of hydrogen-bond acceptors (Lipinski definition) is 4. The van der Waals surface area contributed by atoms with E-state index in [1.165, 1.54) is 31.2 Å².